The van der Waals surface area contributed by atoms with Gasteiger partial charge in [-0.3, -0.25) is 0 Å². The van der Waals surface area contributed by atoms with Crippen LogP contribution in [0.15, 0.2) is 212 Å². The first kappa shape index (κ1) is 34.5. The Kier molecular flexibility index (Phi) is 7.94. The molecule has 0 radical (unpaired) electrons. The van der Waals surface area contributed by atoms with Crippen LogP contribution in [0.2, 0.25) is 0 Å². The van der Waals surface area contributed by atoms with Gasteiger partial charge in [0.1, 0.15) is 0 Å². The van der Waals surface area contributed by atoms with Crippen molar-refractivity contribution >= 4 is 42.3 Å². The van der Waals surface area contributed by atoms with Gasteiger partial charge >= 0.3 is 0 Å². The molecule has 0 bridgehead atoms. The van der Waals surface area contributed by atoms with Crippen LogP contribution in [0.5, 0.6) is 0 Å². The van der Waals surface area contributed by atoms with E-state index in [1.54, 1.807) is 0 Å². The van der Waals surface area contributed by atoms with E-state index < -0.39 is 5.41 Å². The maximum Gasteiger partial charge on any atom is 0.164 e. The Morgan fingerprint density at radius 3 is 1.48 bits per heavy atom. The molecule has 0 aliphatic heterocycles. The van der Waals surface area contributed by atoms with Crippen molar-refractivity contribution in [2.45, 2.75) is 5.41 Å². The largest absolute Gasteiger partial charge is 0.208 e. The topological polar surface area (TPSA) is 38.7 Å². The van der Waals surface area contributed by atoms with Crippen molar-refractivity contribution < 1.29 is 0 Å². The van der Waals surface area contributed by atoms with Crippen molar-refractivity contribution in [3.63, 3.8) is 0 Å². The van der Waals surface area contributed by atoms with Crippen molar-refractivity contribution in [3.8, 4) is 56.4 Å². The lowest BCUT2D eigenvalue weighted by Crippen LogP contribution is -2.28. The van der Waals surface area contributed by atoms with Gasteiger partial charge < -0.3 is 0 Å². The first-order valence-corrected chi connectivity index (χ1v) is 21.2. The van der Waals surface area contributed by atoms with E-state index >= 15 is 0 Å². The molecule has 2 heterocycles. The predicted molar refractivity (Wildman–Crippen MR) is 249 cm³/mol. The zero-order chi connectivity index (χ0) is 39.6. The minimum atomic E-state index is -0.470. The molecule has 11 aromatic rings. The van der Waals surface area contributed by atoms with Gasteiger partial charge in [-0.25, -0.2) is 15.0 Å². The maximum atomic E-state index is 5.12. The molecule has 1 aliphatic rings. The second kappa shape index (κ2) is 13.8. The molecular formula is C56H35N3S. The van der Waals surface area contributed by atoms with Gasteiger partial charge in [0, 0.05) is 36.9 Å². The number of fused-ring (bicyclic) bond motifs is 7. The van der Waals surface area contributed by atoms with E-state index in [0.717, 1.165) is 27.5 Å². The van der Waals surface area contributed by atoms with Crippen LogP contribution in [0.3, 0.4) is 0 Å². The van der Waals surface area contributed by atoms with Crippen LogP contribution in [-0.2, 0) is 5.41 Å². The van der Waals surface area contributed by atoms with E-state index in [1.807, 2.05) is 47.7 Å². The summed E-state index contributed by atoms with van der Waals surface area (Å²) in [5.74, 6) is 1.95. The summed E-state index contributed by atoms with van der Waals surface area (Å²) in [6.45, 7) is 0. The summed E-state index contributed by atoms with van der Waals surface area (Å²) < 4.78 is 2.54. The number of nitrogens with zero attached hydrogens (tertiary/aromatic N) is 3. The highest BCUT2D eigenvalue weighted by Gasteiger charge is 2.46. The molecule has 0 unspecified atom stereocenters. The molecule has 12 rings (SSSR count). The Balaban J connectivity index is 1.08. The number of hydrogen-bond donors (Lipinski definition) is 0. The third-order valence-corrected chi connectivity index (χ3v) is 13.4. The lowest BCUT2D eigenvalue weighted by Gasteiger charge is -2.34. The number of aromatic nitrogens is 3. The third kappa shape index (κ3) is 5.24. The average Bonchev–Trinajstić information content (AvgIpc) is 3.86. The van der Waals surface area contributed by atoms with Crippen LogP contribution < -0.4 is 0 Å². The molecule has 0 saturated heterocycles. The molecule has 280 valence electrons. The molecule has 3 nitrogen and oxygen atoms in total. The quantitative estimate of drug-likeness (QED) is 0.169. The molecular weight excluding hydrogens is 747 g/mol. The maximum absolute atomic E-state index is 5.12. The fourth-order valence-electron chi connectivity index (χ4n) is 9.65. The van der Waals surface area contributed by atoms with Crippen LogP contribution in [0.25, 0.3) is 87.4 Å². The third-order valence-electron chi connectivity index (χ3n) is 12.2. The summed E-state index contributed by atoms with van der Waals surface area (Å²) in [5.41, 5.74) is 12.6. The molecule has 4 heteroatoms. The first-order chi connectivity index (χ1) is 29.8. The van der Waals surface area contributed by atoms with E-state index in [0.29, 0.717) is 17.5 Å². The zero-order valence-corrected chi connectivity index (χ0v) is 33.3. The van der Waals surface area contributed by atoms with Crippen molar-refractivity contribution in [2.75, 3.05) is 0 Å². The molecule has 2 aromatic heterocycles. The van der Waals surface area contributed by atoms with Crippen LogP contribution in [0.1, 0.15) is 22.3 Å². The van der Waals surface area contributed by atoms with Gasteiger partial charge in [-0.15, -0.1) is 11.3 Å². The highest BCUT2D eigenvalue weighted by Crippen LogP contribution is 2.57. The smallest absolute Gasteiger partial charge is 0.164 e. The molecule has 0 saturated carbocycles. The van der Waals surface area contributed by atoms with Gasteiger partial charge in [-0.1, -0.05) is 188 Å². The van der Waals surface area contributed by atoms with Crippen LogP contribution in [0, 0.1) is 0 Å². The molecule has 9 aromatic carbocycles. The lowest BCUT2D eigenvalue weighted by molar-refractivity contribution is 0.770. The average molecular weight is 782 g/mol. The Hall–Kier alpha value is -7.53. The van der Waals surface area contributed by atoms with Gasteiger partial charge in [0.15, 0.2) is 17.5 Å². The van der Waals surface area contributed by atoms with Gasteiger partial charge in [-0.2, -0.15) is 0 Å². The van der Waals surface area contributed by atoms with Crippen molar-refractivity contribution in [2.24, 2.45) is 0 Å². The Morgan fingerprint density at radius 2 is 0.833 bits per heavy atom. The van der Waals surface area contributed by atoms with Crippen molar-refractivity contribution in [1.29, 1.82) is 0 Å². The summed E-state index contributed by atoms with van der Waals surface area (Å²) in [7, 11) is 0. The Bertz CT molecular complexity index is 3330. The molecule has 0 spiro atoms. The van der Waals surface area contributed by atoms with E-state index in [1.165, 1.54) is 64.7 Å². The highest BCUT2D eigenvalue weighted by atomic mass is 32.1. The molecule has 0 fully saturated rings. The summed E-state index contributed by atoms with van der Waals surface area (Å²) >= 11 is 1.87. The first-order valence-electron chi connectivity index (χ1n) is 20.4. The predicted octanol–water partition coefficient (Wildman–Crippen LogP) is 14.4. The second-order valence-electron chi connectivity index (χ2n) is 15.4. The van der Waals surface area contributed by atoms with E-state index in [2.05, 4.69) is 176 Å². The standard InChI is InChI=1S/C56H35N3S/c1-4-17-36(18-5-1)53-57-54(37-19-6-2-7-20-37)59-55(58-53)46-33-32-42(40-23-10-11-24-41(40)46)45-27-16-30-51-52(45)47-35-39(31-34-50(47)60-51)56(38-21-8-3-9-22-38)48-28-14-12-25-43(48)44-26-13-15-29-49(44)56/h1-35H. The number of rotatable bonds is 6. The van der Waals surface area contributed by atoms with Crippen LogP contribution in [-0.4, -0.2) is 15.0 Å². The number of benzene rings is 9. The molecule has 0 atom stereocenters. The Labute approximate surface area is 352 Å². The van der Waals surface area contributed by atoms with Crippen molar-refractivity contribution in [3.05, 3.63) is 235 Å². The summed E-state index contributed by atoms with van der Waals surface area (Å²) in [6, 6.07) is 76.5. The molecule has 0 amide bonds. The lowest BCUT2D eigenvalue weighted by atomic mass is 9.67. The SMILES string of the molecule is c1ccc(-c2nc(-c3ccccc3)nc(-c3ccc(-c4cccc5sc6ccc(C7(c8ccccc8)c8ccccc8-c8ccccc87)cc6c45)c4ccccc34)n2)cc1. The normalized spacial score (nSPS) is 12.8. The number of thiophene rings is 1. The highest BCUT2D eigenvalue weighted by molar-refractivity contribution is 7.26. The van der Waals surface area contributed by atoms with Gasteiger partial charge in [0.25, 0.3) is 0 Å². The number of hydrogen-bond acceptors (Lipinski definition) is 4. The monoisotopic (exact) mass is 781 g/mol. The van der Waals surface area contributed by atoms with Gasteiger partial charge in [0.05, 0.1) is 5.41 Å². The summed E-state index contributed by atoms with van der Waals surface area (Å²) in [5, 5.41) is 4.79. The molecule has 0 N–H and O–H groups in total. The van der Waals surface area contributed by atoms with Crippen LogP contribution in [0.4, 0.5) is 0 Å². The summed E-state index contributed by atoms with van der Waals surface area (Å²) in [4.78, 5) is 15.2. The Morgan fingerprint density at radius 1 is 0.317 bits per heavy atom. The van der Waals surface area contributed by atoms with E-state index in [-0.39, 0.29) is 0 Å². The van der Waals surface area contributed by atoms with E-state index in [9.17, 15) is 0 Å². The van der Waals surface area contributed by atoms with E-state index in [4.69, 9.17) is 15.0 Å². The van der Waals surface area contributed by atoms with Gasteiger partial charge in [-0.05, 0) is 79.5 Å². The second-order valence-corrected chi connectivity index (χ2v) is 16.5. The zero-order valence-electron chi connectivity index (χ0n) is 32.5. The molecule has 60 heavy (non-hydrogen) atoms. The van der Waals surface area contributed by atoms with Crippen molar-refractivity contribution in [1.82, 2.24) is 15.0 Å². The fourth-order valence-corrected chi connectivity index (χ4v) is 10.8. The minimum Gasteiger partial charge on any atom is -0.208 e. The van der Waals surface area contributed by atoms with Gasteiger partial charge in [0.2, 0.25) is 0 Å². The van der Waals surface area contributed by atoms with Crippen LogP contribution >= 0.6 is 11.3 Å². The summed E-state index contributed by atoms with van der Waals surface area (Å²) in [6.07, 6.45) is 0. The minimum absolute atomic E-state index is 0.470. The molecule has 1 aliphatic carbocycles. The fraction of sp³-hybridized carbons (Fsp3) is 0.0179.